The second-order valence-corrected chi connectivity index (χ2v) is 8.36. The number of nitrogens with zero attached hydrogens (tertiary/aromatic N) is 2. The highest BCUT2D eigenvalue weighted by atomic mass is 32.2. The number of piperidine rings is 1. The number of hydrogen-bond donors (Lipinski definition) is 1. The highest BCUT2D eigenvalue weighted by molar-refractivity contribution is 7.82. The van der Waals surface area contributed by atoms with E-state index in [4.69, 9.17) is 5.73 Å². The van der Waals surface area contributed by atoms with Gasteiger partial charge in [-0.25, -0.2) is 17.9 Å². The summed E-state index contributed by atoms with van der Waals surface area (Å²) in [6, 6.07) is 16.0. The van der Waals surface area contributed by atoms with Gasteiger partial charge in [0.05, 0.1) is 4.90 Å². The van der Waals surface area contributed by atoms with Gasteiger partial charge in [-0.1, -0.05) is 36.8 Å². The van der Waals surface area contributed by atoms with Crippen LogP contribution in [0.4, 0.5) is 10.2 Å². The van der Waals surface area contributed by atoms with Gasteiger partial charge in [0.2, 0.25) is 0 Å². The van der Waals surface area contributed by atoms with Gasteiger partial charge in [-0.2, -0.15) is 0 Å². The molecule has 144 valence electrons. The van der Waals surface area contributed by atoms with E-state index in [1.807, 2.05) is 34.6 Å². The van der Waals surface area contributed by atoms with Crippen molar-refractivity contribution in [2.75, 3.05) is 18.8 Å². The molecule has 6 heteroatoms. The van der Waals surface area contributed by atoms with Gasteiger partial charge in [0.25, 0.3) is 0 Å². The second kappa shape index (κ2) is 8.20. The maximum Gasteiger partial charge on any atom is 0.131 e. The largest absolute Gasteiger partial charge is 0.384 e. The van der Waals surface area contributed by atoms with Crippen LogP contribution in [0.3, 0.4) is 0 Å². The lowest BCUT2D eigenvalue weighted by molar-refractivity contribution is 0.365. The maximum absolute atomic E-state index is 14.9. The number of benzene rings is 2. The van der Waals surface area contributed by atoms with Crippen LogP contribution in [0.15, 0.2) is 65.7 Å². The summed E-state index contributed by atoms with van der Waals surface area (Å²) in [6.07, 6.45) is 4.87. The molecule has 4 rings (SSSR count). The fraction of sp³-hybridized carbons (Fsp3) is 0.227. The molecule has 2 N–H and O–H groups in total. The molecular formula is C22H22FN3OS. The van der Waals surface area contributed by atoms with Crippen LogP contribution in [0.5, 0.6) is 0 Å². The molecule has 0 aliphatic carbocycles. The van der Waals surface area contributed by atoms with Crippen LogP contribution < -0.4 is 5.73 Å². The second-order valence-electron chi connectivity index (χ2n) is 6.90. The van der Waals surface area contributed by atoms with E-state index >= 15 is 0 Å². The Morgan fingerprint density at radius 3 is 2.39 bits per heavy atom. The van der Waals surface area contributed by atoms with Crippen LogP contribution >= 0.6 is 0 Å². The van der Waals surface area contributed by atoms with E-state index < -0.39 is 11.0 Å². The third kappa shape index (κ3) is 3.84. The minimum Gasteiger partial charge on any atom is -0.384 e. The van der Waals surface area contributed by atoms with Gasteiger partial charge in [-0.05, 0) is 48.2 Å². The van der Waals surface area contributed by atoms with Gasteiger partial charge in [0, 0.05) is 30.4 Å². The van der Waals surface area contributed by atoms with Crippen molar-refractivity contribution < 1.29 is 8.60 Å². The number of nitrogen functional groups attached to an aromatic ring is 1. The fourth-order valence-corrected chi connectivity index (χ4v) is 4.95. The van der Waals surface area contributed by atoms with Gasteiger partial charge < -0.3 is 5.73 Å². The minimum atomic E-state index is -1.25. The van der Waals surface area contributed by atoms with Crippen LogP contribution in [-0.4, -0.2) is 26.6 Å². The van der Waals surface area contributed by atoms with Crippen molar-refractivity contribution >= 4 is 16.8 Å². The van der Waals surface area contributed by atoms with Gasteiger partial charge in [0.15, 0.2) is 0 Å². The van der Waals surface area contributed by atoms with Crippen molar-refractivity contribution in [1.29, 1.82) is 0 Å². The summed E-state index contributed by atoms with van der Waals surface area (Å²) < 4.78 is 30.0. The average molecular weight is 396 g/mol. The summed E-state index contributed by atoms with van der Waals surface area (Å²) in [5.41, 5.74) is 8.26. The molecule has 1 aliphatic heterocycles. The molecule has 0 spiro atoms. The average Bonchev–Trinajstić information content (AvgIpc) is 2.74. The monoisotopic (exact) mass is 395 g/mol. The predicted octanol–water partition coefficient (Wildman–Crippen LogP) is 4.65. The molecule has 1 aromatic heterocycles. The number of pyridine rings is 1. The molecule has 2 heterocycles. The Hall–Kier alpha value is -2.57. The van der Waals surface area contributed by atoms with E-state index in [1.165, 1.54) is 12.5 Å². The summed E-state index contributed by atoms with van der Waals surface area (Å²) in [4.78, 5) is 4.76. The molecule has 1 unspecified atom stereocenters. The zero-order valence-electron chi connectivity index (χ0n) is 15.5. The van der Waals surface area contributed by atoms with E-state index in [0.29, 0.717) is 22.5 Å². The lowest BCUT2D eigenvalue weighted by Crippen LogP contribution is -2.31. The Kier molecular flexibility index (Phi) is 5.50. The van der Waals surface area contributed by atoms with Crippen LogP contribution in [0, 0.1) is 5.82 Å². The van der Waals surface area contributed by atoms with Gasteiger partial charge in [-0.15, -0.1) is 0 Å². The van der Waals surface area contributed by atoms with E-state index in [1.54, 1.807) is 24.4 Å². The number of aromatic nitrogens is 1. The summed E-state index contributed by atoms with van der Waals surface area (Å²) in [5.74, 6) is 0.0533. The topological polar surface area (TPSA) is 59.2 Å². The summed E-state index contributed by atoms with van der Waals surface area (Å²) in [5, 5.41) is 0. The Labute approximate surface area is 166 Å². The van der Waals surface area contributed by atoms with Crippen molar-refractivity contribution in [2.45, 2.75) is 24.2 Å². The highest BCUT2D eigenvalue weighted by Gasteiger charge is 2.21. The van der Waals surface area contributed by atoms with Crippen molar-refractivity contribution in [1.82, 2.24) is 9.29 Å². The van der Waals surface area contributed by atoms with Gasteiger partial charge in [-0.3, -0.25) is 0 Å². The van der Waals surface area contributed by atoms with Crippen LogP contribution in [-0.2, 0) is 11.0 Å². The first-order valence-corrected chi connectivity index (χ1v) is 10.5. The van der Waals surface area contributed by atoms with Crippen molar-refractivity contribution in [3.05, 3.63) is 66.6 Å². The molecule has 2 aromatic carbocycles. The third-order valence-corrected chi connectivity index (χ3v) is 6.57. The highest BCUT2D eigenvalue weighted by Crippen LogP contribution is 2.32. The van der Waals surface area contributed by atoms with Gasteiger partial charge in [0.1, 0.15) is 22.6 Å². The van der Waals surface area contributed by atoms with Crippen molar-refractivity contribution in [3.8, 4) is 22.3 Å². The molecule has 0 bridgehead atoms. The Bertz CT molecular complexity index is 1000. The number of rotatable bonds is 4. The molecule has 0 saturated carbocycles. The molecule has 1 saturated heterocycles. The standard InChI is InChI=1S/C22H22FN3OS/c23-20-14-16(8-10-18(20)17-9-11-22(24)25-15-17)19-6-2-3-7-21(19)28(27)26-12-4-1-5-13-26/h2-3,6-11,14-15H,1,4-5,12-13H2,(H2,24,25). The van der Waals surface area contributed by atoms with Crippen LogP contribution in [0.25, 0.3) is 22.3 Å². The summed E-state index contributed by atoms with van der Waals surface area (Å²) in [7, 11) is -1.25. The normalized spacial score (nSPS) is 16.0. The Balaban J connectivity index is 1.69. The molecule has 1 aliphatic rings. The SMILES string of the molecule is Nc1ccc(-c2ccc(-c3ccccc3S(=O)N3CCCCC3)cc2F)cn1. The van der Waals surface area contributed by atoms with Gasteiger partial charge >= 0.3 is 0 Å². The molecule has 3 aromatic rings. The molecule has 0 amide bonds. The molecule has 0 radical (unpaired) electrons. The Morgan fingerprint density at radius 1 is 0.929 bits per heavy atom. The number of anilines is 1. The molecular weight excluding hydrogens is 373 g/mol. The van der Waals surface area contributed by atoms with Crippen molar-refractivity contribution in [2.24, 2.45) is 0 Å². The quantitative estimate of drug-likeness (QED) is 0.700. The fourth-order valence-electron chi connectivity index (χ4n) is 3.51. The van der Waals surface area contributed by atoms with E-state index in [9.17, 15) is 8.60 Å². The van der Waals surface area contributed by atoms with Crippen LogP contribution in [0.1, 0.15) is 19.3 Å². The first-order chi connectivity index (χ1) is 13.6. The third-order valence-electron chi connectivity index (χ3n) is 5.00. The number of halogens is 1. The number of hydrogen-bond acceptors (Lipinski definition) is 3. The predicted molar refractivity (Wildman–Crippen MR) is 111 cm³/mol. The zero-order chi connectivity index (χ0) is 19.5. The summed E-state index contributed by atoms with van der Waals surface area (Å²) >= 11 is 0. The van der Waals surface area contributed by atoms with E-state index in [2.05, 4.69) is 4.98 Å². The molecule has 1 fully saturated rings. The first-order valence-electron chi connectivity index (χ1n) is 9.41. The van der Waals surface area contributed by atoms with Crippen LogP contribution in [0.2, 0.25) is 0 Å². The lowest BCUT2D eigenvalue weighted by Gasteiger charge is -2.26. The lowest BCUT2D eigenvalue weighted by atomic mass is 10.0. The Morgan fingerprint density at radius 2 is 1.68 bits per heavy atom. The molecule has 1 atom stereocenters. The molecule has 4 nitrogen and oxygen atoms in total. The van der Waals surface area contributed by atoms with E-state index in [0.717, 1.165) is 36.4 Å². The number of nitrogens with two attached hydrogens (primary N) is 1. The zero-order valence-corrected chi connectivity index (χ0v) is 16.3. The smallest absolute Gasteiger partial charge is 0.131 e. The van der Waals surface area contributed by atoms with E-state index in [-0.39, 0.29) is 5.82 Å². The first kappa shape index (κ1) is 18.8. The summed E-state index contributed by atoms with van der Waals surface area (Å²) in [6.45, 7) is 1.66. The molecule has 28 heavy (non-hydrogen) atoms. The minimum absolute atomic E-state index is 0.345. The maximum atomic E-state index is 14.9. The van der Waals surface area contributed by atoms with Crippen molar-refractivity contribution in [3.63, 3.8) is 0 Å².